The van der Waals surface area contributed by atoms with Crippen LogP contribution in [0.3, 0.4) is 0 Å². The van der Waals surface area contributed by atoms with Crippen LogP contribution >= 0.6 is 0 Å². The maximum absolute atomic E-state index is 12.3. The molecule has 0 saturated carbocycles. The second-order valence-electron chi connectivity index (χ2n) is 5.23. The third kappa shape index (κ3) is 2.66. The molecule has 2 aromatic heterocycles. The maximum atomic E-state index is 12.3. The van der Waals surface area contributed by atoms with Crippen molar-refractivity contribution in [1.82, 2.24) is 19.6 Å². The Balaban J connectivity index is 1.88. The van der Waals surface area contributed by atoms with Gasteiger partial charge in [-0.25, -0.2) is 14.8 Å². The highest BCUT2D eigenvalue weighted by atomic mass is 16.2. The Morgan fingerprint density at radius 1 is 1.22 bits per heavy atom. The molecule has 3 aromatic rings. The second-order valence-corrected chi connectivity index (χ2v) is 5.23. The molecule has 2 amide bonds. The summed E-state index contributed by atoms with van der Waals surface area (Å²) in [6.45, 7) is 5.53. The van der Waals surface area contributed by atoms with Gasteiger partial charge >= 0.3 is 6.03 Å². The molecular formula is C15H16N6O2. The molecule has 0 saturated heterocycles. The van der Waals surface area contributed by atoms with Crippen molar-refractivity contribution in [2.45, 2.75) is 20.8 Å². The van der Waals surface area contributed by atoms with Crippen molar-refractivity contribution in [3.05, 3.63) is 51.7 Å². The number of hydrogen-bond acceptors (Lipinski definition) is 4. The lowest BCUT2D eigenvalue weighted by molar-refractivity contribution is 0.262. The third-order valence-corrected chi connectivity index (χ3v) is 3.70. The van der Waals surface area contributed by atoms with Crippen molar-refractivity contribution in [2.24, 2.45) is 0 Å². The molecule has 0 radical (unpaired) electrons. The summed E-state index contributed by atoms with van der Waals surface area (Å²) in [5.74, 6) is 0.257. The number of H-pyrrole nitrogens is 1. The van der Waals surface area contributed by atoms with Crippen molar-refractivity contribution in [3.63, 3.8) is 0 Å². The average molecular weight is 312 g/mol. The normalized spacial score (nSPS) is 10.7. The van der Waals surface area contributed by atoms with Crippen molar-refractivity contribution in [3.8, 4) is 0 Å². The minimum atomic E-state index is -0.500. The van der Waals surface area contributed by atoms with Crippen LogP contribution in [-0.2, 0) is 0 Å². The van der Waals surface area contributed by atoms with Gasteiger partial charge in [0, 0.05) is 5.69 Å². The van der Waals surface area contributed by atoms with Gasteiger partial charge in [-0.15, -0.1) is 0 Å². The highest BCUT2D eigenvalue weighted by Gasteiger charge is 2.14. The first-order valence-electron chi connectivity index (χ1n) is 7.04. The molecule has 0 aliphatic heterocycles. The smallest absolute Gasteiger partial charge is 0.307 e. The molecule has 0 aliphatic carbocycles. The molecule has 1 aromatic carbocycles. The number of urea groups is 1. The van der Waals surface area contributed by atoms with Crippen LogP contribution in [0.2, 0.25) is 0 Å². The highest BCUT2D eigenvalue weighted by Crippen LogP contribution is 2.18. The summed E-state index contributed by atoms with van der Waals surface area (Å²) in [6.07, 6.45) is 1.36. The van der Waals surface area contributed by atoms with Crippen molar-refractivity contribution in [2.75, 3.05) is 10.6 Å². The summed E-state index contributed by atoms with van der Waals surface area (Å²) in [4.78, 5) is 32.6. The van der Waals surface area contributed by atoms with Crippen LogP contribution in [0.15, 0.2) is 29.3 Å². The number of carbonyl (C=O) groups is 1. The number of aromatic amines is 1. The number of anilines is 2. The number of amides is 2. The number of nitrogens with zero attached hydrogens (tertiary/aromatic N) is 3. The zero-order valence-electron chi connectivity index (χ0n) is 13.0. The van der Waals surface area contributed by atoms with E-state index < -0.39 is 11.6 Å². The summed E-state index contributed by atoms with van der Waals surface area (Å²) in [5, 5.41) is 7.96. The number of rotatable bonds is 2. The number of aryl methyl sites for hydroxylation is 2. The molecule has 3 rings (SSSR count). The number of carbonyl (C=O) groups excluding carboxylic acids is 1. The maximum Gasteiger partial charge on any atom is 0.323 e. The predicted octanol–water partition coefficient (Wildman–Crippen LogP) is 1.99. The van der Waals surface area contributed by atoms with Crippen LogP contribution < -0.4 is 16.2 Å². The molecule has 0 aliphatic rings. The summed E-state index contributed by atoms with van der Waals surface area (Å²) in [6, 6.07) is 5.12. The largest absolute Gasteiger partial charge is 0.323 e. The summed E-state index contributed by atoms with van der Waals surface area (Å²) >= 11 is 0. The van der Waals surface area contributed by atoms with E-state index in [4.69, 9.17) is 0 Å². The van der Waals surface area contributed by atoms with Crippen LogP contribution in [0.4, 0.5) is 16.2 Å². The molecule has 23 heavy (non-hydrogen) atoms. The van der Waals surface area contributed by atoms with E-state index >= 15 is 0 Å². The number of hydrogen-bond donors (Lipinski definition) is 3. The van der Waals surface area contributed by atoms with Gasteiger partial charge in [0.15, 0.2) is 0 Å². The number of aromatic nitrogens is 4. The molecule has 0 fully saturated rings. The Morgan fingerprint density at radius 2 is 2.00 bits per heavy atom. The zero-order chi connectivity index (χ0) is 16.6. The van der Waals surface area contributed by atoms with Crippen molar-refractivity contribution in [1.29, 1.82) is 0 Å². The standard InChI is InChI=1S/C15H16N6O2/c1-8-5-4-6-11(9(8)2)19-15(23)20-12-10(3)18-14-16-7-17-21(14)13(12)22/h4-7H,1-3H3,(H,16,17,18)(H2,19,20,23). The molecule has 0 atom stereocenters. The molecule has 8 nitrogen and oxygen atoms in total. The summed E-state index contributed by atoms with van der Waals surface area (Å²) < 4.78 is 1.17. The van der Waals surface area contributed by atoms with E-state index in [0.29, 0.717) is 11.4 Å². The Labute approximate surface area is 131 Å². The van der Waals surface area contributed by atoms with E-state index in [0.717, 1.165) is 11.1 Å². The van der Waals surface area contributed by atoms with Gasteiger partial charge in [-0.05, 0) is 38.0 Å². The summed E-state index contributed by atoms with van der Waals surface area (Å²) in [5.41, 5.74) is 2.82. The lowest BCUT2D eigenvalue weighted by Crippen LogP contribution is -2.28. The number of benzene rings is 1. The van der Waals surface area contributed by atoms with Gasteiger partial charge in [-0.1, -0.05) is 12.1 Å². The lowest BCUT2D eigenvalue weighted by atomic mass is 10.1. The molecule has 2 heterocycles. The number of nitrogens with one attached hydrogen (secondary N) is 3. The first-order chi connectivity index (χ1) is 11.0. The van der Waals surface area contributed by atoms with E-state index in [1.807, 2.05) is 26.0 Å². The topological polar surface area (TPSA) is 104 Å². The molecule has 0 unspecified atom stereocenters. The van der Waals surface area contributed by atoms with Crippen LogP contribution in [0.5, 0.6) is 0 Å². The quantitative estimate of drug-likeness (QED) is 0.673. The minimum absolute atomic E-state index is 0.106. The van der Waals surface area contributed by atoms with Crippen LogP contribution in [0.1, 0.15) is 16.8 Å². The van der Waals surface area contributed by atoms with Gasteiger partial charge in [-0.3, -0.25) is 9.89 Å². The Bertz CT molecular complexity index is 956. The van der Waals surface area contributed by atoms with Gasteiger partial charge in [0.1, 0.15) is 12.0 Å². The Hall–Kier alpha value is -3.16. The predicted molar refractivity (Wildman–Crippen MR) is 86.9 cm³/mol. The second kappa shape index (κ2) is 5.56. The Kier molecular flexibility index (Phi) is 3.57. The van der Waals surface area contributed by atoms with Crippen LogP contribution in [-0.4, -0.2) is 25.6 Å². The Morgan fingerprint density at radius 3 is 2.78 bits per heavy atom. The molecule has 118 valence electrons. The van der Waals surface area contributed by atoms with E-state index in [-0.39, 0.29) is 11.5 Å². The van der Waals surface area contributed by atoms with E-state index in [2.05, 4.69) is 25.7 Å². The molecule has 0 spiro atoms. The molecule has 3 N–H and O–H groups in total. The molecule has 8 heteroatoms. The van der Waals surface area contributed by atoms with Gasteiger partial charge in [0.05, 0.1) is 5.69 Å². The van der Waals surface area contributed by atoms with Crippen LogP contribution in [0, 0.1) is 20.8 Å². The highest BCUT2D eigenvalue weighted by molar-refractivity contribution is 6.00. The fourth-order valence-electron chi connectivity index (χ4n) is 2.26. The van der Waals surface area contributed by atoms with Crippen molar-refractivity contribution >= 4 is 23.2 Å². The zero-order valence-corrected chi connectivity index (χ0v) is 13.0. The monoisotopic (exact) mass is 312 g/mol. The van der Waals surface area contributed by atoms with Crippen molar-refractivity contribution < 1.29 is 4.79 Å². The number of fused-ring (bicyclic) bond motifs is 1. The molecular weight excluding hydrogens is 296 g/mol. The minimum Gasteiger partial charge on any atom is -0.307 e. The van der Waals surface area contributed by atoms with Gasteiger partial charge < -0.3 is 10.6 Å². The van der Waals surface area contributed by atoms with Gasteiger partial charge in [0.25, 0.3) is 11.3 Å². The first-order valence-corrected chi connectivity index (χ1v) is 7.04. The van der Waals surface area contributed by atoms with Crippen LogP contribution in [0.25, 0.3) is 5.78 Å². The first kappa shape index (κ1) is 14.8. The van der Waals surface area contributed by atoms with E-state index in [1.165, 1.54) is 10.8 Å². The van der Waals surface area contributed by atoms with E-state index in [1.54, 1.807) is 13.0 Å². The van der Waals surface area contributed by atoms with Gasteiger partial charge in [-0.2, -0.15) is 4.52 Å². The fourth-order valence-corrected chi connectivity index (χ4v) is 2.26. The molecule has 0 bridgehead atoms. The summed E-state index contributed by atoms with van der Waals surface area (Å²) in [7, 11) is 0. The van der Waals surface area contributed by atoms with Gasteiger partial charge in [0.2, 0.25) is 0 Å². The SMILES string of the molecule is Cc1cccc(NC(=O)Nc2c(C)nc3nc[nH]n3c2=O)c1C. The third-order valence-electron chi connectivity index (χ3n) is 3.70. The van der Waals surface area contributed by atoms with E-state index in [9.17, 15) is 9.59 Å². The lowest BCUT2D eigenvalue weighted by Gasteiger charge is -2.12. The average Bonchev–Trinajstić information content (AvgIpc) is 2.96. The fraction of sp³-hybridized carbons (Fsp3) is 0.200.